The van der Waals surface area contributed by atoms with Gasteiger partial charge in [-0.15, -0.1) is 0 Å². The molecule has 0 N–H and O–H groups in total. The van der Waals surface area contributed by atoms with Crippen molar-refractivity contribution in [3.8, 4) is 0 Å². The van der Waals surface area contributed by atoms with E-state index in [0.29, 0.717) is 6.42 Å². The van der Waals surface area contributed by atoms with Crippen molar-refractivity contribution in [1.29, 1.82) is 0 Å². The van der Waals surface area contributed by atoms with Gasteiger partial charge in [0.2, 0.25) is 0 Å². The summed E-state index contributed by atoms with van der Waals surface area (Å²) in [5.41, 5.74) is -0.212. The molecule has 2 heteroatoms. The molecule has 1 atom stereocenters. The normalized spacial score (nSPS) is 22.9. The molecule has 0 heterocycles. The number of carbonyl (C=O) groups excluding carboxylic acids is 1. The average Bonchev–Trinajstić information content (AvgIpc) is 2.57. The fourth-order valence-corrected chi connectivity index (χ4v) is 2.25. The molecule has 0 bridgehead atoms. The average molecular weight is 184 g/mol. The fraction of sp³-hybridized carbons (Fsp3) is 0.909. The summed E-state index contributed by atoms with van der Waals surface area (Å²) >= 11 is 0. The Labute approximate surface area is 80.7 Å². The lowest BCUT2D eigenvalue weighted by atomic mass is 9.88. The molecule has 1 fully saturated rings. The molecule has 1 unspecified atom stereocenters. The topological polar surface area (TPSA) is 26.3 Å². The molecule has 0 aliphatic heterocycles. The minimum absolute atomic E-state index is 0.212. The third-order valence-corrected chi connectivity index (χ3v) is 3.20. The first-order chi connectivity index (χ1) is 6.20. The van der Waals surface area contributed by atoms with E-state index in [2.05, 4.69) is 0 Å². The predicted octanol–water partition coefficient (Wildman–Crippen LogP) is 2.56. The van der Waals surface area contributed by atoms with Crippen LogP contribution in [0.5, 0.6) is 0 Å². The molecular weight excluding hydrogens is 164 g/mol. The summed E-state index contributed by atoms with van der Waals surface area (Å²) in [4.78, 5) is 10.5. The number of methoxy groups -OCH3 is 1. The zero-order valence-corrected chi connectivity index (χ0v) is 8.71. The van der Waals surface area contributed by atoms with Gasteiger partial charge in [0.15, 0.2) is 0 Å². The Bertz CT molecular complexity index is 161. The highest BCUT2D eigenvalue weighted by Crippen LogP contribution is 2.34. The summed E-state index contributed by atoms with van der Waals surface area (Å²) in [7, 11) is 1.71. The van der Waals surface area contributed by atoms with Crippen molar-refractivity contribution in [2.45, 2.75) is 51.0 Å². The van der Waals surface area contributed by atoms with Crippen LogP contribution < -0.4 is 0 Å². The van der Waals surface area contributed by atoms with Gasteiger partial charge in [0.25, 0.3) is 0 Å². The van der Waals surface area contributed by atoms with Gasteiger partial charge in [-0.2, -0.15) is 0 Å². The van der Waals surface area contributed by atoms with Gasteiger partial charge in [0, 0.05) is 13.5 Å². The Balaban J connectivity index is 2.40. The first-order valence-corrected chi connectivity index (χ1v) is 5.19. The minimum Gasteiger partial charge on any atom is -0.378 e. The van der Waals surface area contributed by atoms with Crippen LogP contribution in [-0.4, -0.2) is 19.0 Å². The number of rotatable bonds is 5. The van der Waals surface area contributed by atoms with Crippen molar-refractivity contribution >= 4 is 6.29 Å². The van der Waals surface area contributed by atoms with Crippen molar-refractivity contribution in [2.24, 2.45) is 5.92 Å². The van der Waals surface area contributed by atoms with Crippen LogP contribution in [0, 0.1) is 5.92 Å². The van der Waals surface area contributed by atoms with Crippen molar-refractivity contribution in [3.05, 3.63) is 0 Å². The lowest BCUT2D eigenvalue weighted by Gasteiger charge is -2.28. The first kappa shape index (κ1) is 10.7. The van der Waals surface area contributed by atoms with Gasteiger partial charge in [-0.3, -0.25) is 0 Å². The van der Waals surface area contributed by atoms with Crippen molar-refractivity contribution in [3.63, 3.8) is 0 Å². The smallest absolute Gasteiger partial charge is 0.122 e. The van der Waals surface area contributed by atoms with E-state index in [-0.39, 0.29) is 5.60 Å². The van der Waals surface area contributed by atoms with Crippen LogP contribution in [0.4, 0.5) is 0 Å². The van der Waals surface area contributed by atoms with Gasteiger partial charge in [0.05, 0.1) is 5.60 Å². The van der Waals surface area contributed by atoms with E-state index in [9.17, 15) is 4.79 Å². The van der Waals surface area contributed by atoms with Crippen LogP contribution in [0.3, 0.4) is 0 Å². The van der Waals surface area contributed by atoms with Gasteiger partial charge in [-0.05, 0) is 19.3 Å². The number of carbonyl (C=O) groups is 1. The second kappa shape index (κ2) is 4.75. The van der Waals surface area contributed by atoms with E-state index in [1.54, 1.807) is 7.11 Å². The zero-order chi connectivity index (χ0) is 9.73. The monoisotopic (exact) mass is 184 g/mol. The maximum atomic E-state index is 10.5. The van der Waals surface area contributed by atoms with Gasteiger partial charge in [-0.1, -0.05) is 25.7 Å². The maximum absolute atomic E-state index is 10.5. The quantitative estimate of drug-likeness (QED) is 0.614. The Morgan fingerprint density at radius 3 is 2.54 bits per heavy atom. The molecule has 1 rings (SSSR count). The highest BCUT2D eigenvalue weighted by Gasteiger charge is 2.28. The summed E-state index contributed by atoms with van der Waals surface area (Å²) in [6.07, 6.45) is 7.88. The molecule has 0 aromatic rings. The molecule has 0 amide bonds. The maximum Gasteiger partial charge on any atom is 0.122 e. The Morgan fingerprint density at radius 1 is 1.46 bits per heavy atom. The molecule has 1 aliphatic carbocycles. The molecule has 1 aliphatic rings. The third-order valence-electron chi connectivity index (χ3n) is 3.20. The second-order valence-corrected chi connectivity index (χ2v) is 4.38. The Morgan fingerprint density at radius 2 is 2.08 bits per heavy atom. The van der Waals surface area contributed by atoms with E-state index < -0.39 is 0 Å². The number of hydrogen-bond donors (Lipinski definition) is 0. The summed E-state index contributed by atoms with van der Waals surface area (Å²) in [5.74, 6) is 0.782. The van der Waals surface area contributed by atoms with Gasteiger partial charge in [0.1, 0.15) is 6.29 Å². The fourth-order valence-electron chi connectivity index (χ4n) is 2.25. The molecule has 13 heavy (non-hydrogen) atoms. The van der Waals surface area contributed by atoms with Crippen molar-refractivity contribution < 1.29 is 9.53 Å². The van der Waals surface area contributed by atoms with E-state index in [4.69, 9.17) is 4.74 Å². The molecule has 76 valence electrons. The van der Waals surface area contributed by atoms with Gasteiger partial charge >= 0.3 is 0 Å². The number of aldehydes is 1. The van der Waals surface area contributed by atoms with Crippen molar-refractivity contribution in [2.75, 3.05) is 7.11 Å². The van der Waals surface area contributed by atoms with Crippen LogP contribution in [0.25, 0.3) is 0 Å². The molecule has 2 nitrogen and oxygen atoms in total. The largest absolute Gasteiger partial charge is 0.378 e. The van der Waals surface area contributed by atoms with E-state index in [0.717, 1.165) is 18.6 Å². The highest BCUT2D eigenvalue weighted by atomic mass is 16.5. The molecule has 0 aromatic carbocycles. The molecule has 0 saturated heterocycles. The lowest BCUT2D eigenvalue weighted by molar-refractivity contribution is -0.114. The molecule has 0 radical (unpaired) electrons. The van der Waals surface area contributed by atoms with E-state index in [1.807, 2.05) is 6.92 Å². The standard InChI is InChI=1S/C11H20O2/c1-11(13-2,7-8-12)9-10-5-3-4-6-10/h8,10H,3-7,9H2,1-2H3. The van der Waals surface area contributed by atoms with Crippen LogP contribution in [0.2, 0.25) is 0 Å². The Hall–Kier alpha value is -0.370. The summed E-state index contributed by atoms with van der Waals surface area (Å²) < 4.78 is 5.41. The highest BCUT2D eigenvalue weighted by molar-refractivity contribution is 5.51. The summed E-state index contributed by atoms with van der Waals surface area (Å²) in [6.45, 7) is 2.04. The predicted molar refractivity (Wildman–Crippen MR) is 52.7 cm³/mol. The summed E-state index contributed by atoms with van der Waals surface area (Å²) in [5, 5.41) is 0. The Kier molecular flexibility index (Phi) is 3.91. The minimum atomic E-state index is -0.212. The van der Waals surface area contributed by atoms with Crippen LogP contribution in [0.15, 0.2) is 0 Å². The first-order valence-electron chi connectivity index (χ1n) is 5.19. The zero-order valence-electron chi connectivity index (χ0n) is 8.71. The number of hydrogen-bond acceptors (Lipinski definition) is 2. The SMILES string of the molecule is COC(C)(CC=O)CC1CCCC1. The third kappa shape index (κ3) is 3.11. The van der Waals surface area contributed by atoms with Gasteiger partial charge < -0.3 is 9.53 Å². The van der Waals surface area contributed by atoms with Crippen LogP contribution in [-0.2, 0) is 9.53 Å². The molecule has 1 saturated carbocycles. The second-order valence-electron chi connectivity index (χ2n) is 4.38. The van der Waals surface area contributed by atoms with Crippen LogP contribution in [0.1, 0.15) is 45.4 Å². The lowest BCUT2D eigenvalue weighted by Crippen LogP contribution is -2.30. The molecule has 0 aromatic heterocycles. The van der Waals surface area contributed by atoms with Gasteiger partial charge in [-0.25, -0.2) is 0 Å². The van der Waals surface area contributed by atoms with Crippen molar-refractivity contribution in [1.82, 2.24) is 0 Å². The van der Waals surface area contributed by atoms with E-state index >= 15 is 0 Å². The molecule has 0 spiro atoms. The molecular formula is C11H20O2. The summed E-state index contributed by atoms with van der Waals surface area (Å²) in [6, 6.07) is 0. The van der Waals surface area contributed by atoms with E-state index in [1.165, 1.54) is 25.7 Å². The van der Waals surface area contributed by atoms with Crippen LogP contribution >= 0.6 is 0 Å². The number of ether oxygens (including phenoxy) is 1.